The molecule has 0 N–H and O–H groups in total. The molecule has 0 aromatic heterocycles. The van der Waals surface area contributed by atoms with Crippen LogP contribution in [0.25, 0.3) is 21.5 Å². The Morgan fingerprint density at radius 3 is 1.81 bits per heavy atom. The van der Waals surface area contributed by atoms with Crippen molar-refractivity contribution in [1.29, 1.82) is 0 Å². The van der Waals surface area contributed by atoms with Crippen LogP contribution in [0.1, 0.15) is 0 Å². The van der Waals surface area contributed by atoms with Gasteiger partial charge in [0.2, 0.25) is 0 Å². The van der Waals surface area contributed by atoms with Gasteiger partial charge in [-0.3, -0.25) is 0 Å². The summed E-state index contributed by atoms with van der Waals surface area (Å²) in [5.41, 5.74) is 0. The van der Waals surface area contributed by atoms with Crippen molar-refractivity contribution in [1.82, 2.24) is 0 Å². The second-order valence-electron chi connectivity index (χ2n) is 3.75. The van der Waals surface area contributed by atoms with Crippen molar-refractivity contribution in [2.75, 3.05) is 7.11 Å². The van der Waals surface area contributed by atoms with Gasteiger partial charge in [0, 0.05) is 10.8 Å². The SMILES string of the molecule is COc1c2ccccc2[c]c2ccccc12. The number of ether oxygens (including phenoxy) is 1. The van der Waals surface area contributed by atoms with Crippen LogP contribution in [0.3, 0.4) is 0 Å². The standard InChI is InChI=1S/C15H11O/c1-16-15-13-8-4-2-6-11(13)10-12-7-3-5-9-14(12)15/h2-9H,1H3. The van der Waals surface area contributed by atoms with Crippen LogP contribution >= 0.6 is 0 Å². The minimum atomic E-state index is 0.935. The van der Waals surface area contributed by atoms with Crippen molar-refractivity contribution >= 4 is 21.5 Å². The Morgan fingerprint density at radius 2 is 1.31 bits per heavy atom. The smallest absolute Gasteiger partial charge is 0.134 e. The molecule has 0 aliphatic carbocycles. The first kappa shape index (κ1) is 9.22. The molecule has 0 amide bonds. The summed E-state index contributed by atoms with van der Waals surface area (Å²) in [7, 11) is 1.72. The highest BCUT2D eigenvalue weighted by Crippen LogP contribution is 2.33. The van der Waals surface area contributed by atoms with E-state index in [2.05, 4.69) is 30.3 Å². The summed E-state index contributed by atoms with van der Waals surface area (Å²) < 4.78 is 5.52. The first-order chi connectivity index (χ1) is 7.90. The van der Waals surface area contributed by atoms with E-state index in [9.17, 15) is 0 Å². The van der Waals surface area contributed by atoms with Crippen LogP contribution in [0, 0.1) is 6.07 Å². The molecule has 0 unspecified atom stereocenters. The first-order valence-corrected chi connectivity index (χ1v) is 5.27. The van der Waals surface area contributed by atoms with Gasteiger partial charge in [-0.25, -0.2) is 0 Å². The fourth-order valence-electron chi connectivity index (χ4n) is 2.09. The quantitative estimate of drug-likeness (QED) is 0.551. The van der Waals surface area contributed by atoms with E-state index in [0.29, 0.717) is 0 Å². The molecular weight excluding hydrogens is 196 g/mol. The molecule has 3 rings (SSSR count). The fourth-order valence-corrected chi connectivity index (χ4v) is 2.09. The maximum atomic E-state index is 5.52. The Morgan fingerprint density at radius 1 is 0.812 bits per heavy atom. The highest BCUT2D eigenvalue weighted by atomic mass is 16.5. The molecular formula is C15H11O. The zero-order valence-corrected chi connectivity index (χ0v) is 9.03. The van der Waals surface area contributed by atoms with Gasteiger partial charge < -0.3 is 4.74 Å². The third-order valence-electron chi connectivity index (χ3n) is 2.82. The van der Waals surface area contributed by atoms with Gasteiger partial charge in [-0.1, -0.05) is 48.5 Å². The third-order valence-corrected chi connectivity index (χ3v) is 2.82. The van der Waals surface area contributed by atoms with E-state index in [4.69, 9.17) is 4.74 Å². The molecule has 0 fully saturated rings. The van der Waals surface area contributed by atoms with E-state index < -0.39 is 0 Å². The monoisotopic (exact) mass is 207 g/mol. The zero-order chi connectivity index (χ0) is 11.0. The molecule has 0 aliphatic rings. The van der Waals surface area contributed by atoms with Crippen LogP contribution in [0.2, 0.25) is 0 Å². The van der Waals surface area contributed by atoms with Crippen LogP contribution in [0.4, 0.5) is 0 Å². The molecule has 0 bridgehead atoms. The molecule has 16 heavy (non-hydrogen) atoms. The summed E-state index contributed by atoms with van der Waals surface area (Å²) in [6.07, 6.45) is 0. The molecule has 0 spiro atoms. The Bertz CT molecular complexity index is 602. The molecule has 3 aromatic carbocycles. The van der Waals surface area contributed by atoms with Crippen molar-refractivity contribution in [2.45, 2.75) is 0 Å². The molecule has 1 nitrogen and oxygen atoms in total. The lowest BCUT2D eigenvalue weighted by Gasteiger charge is -2.09. The van der Waals surface area contributed by atoms with Crippen LogP contribution in [0.5, 0.6) is 5.75 Å². The average Bonchev–Trinajstić information content (AvgIpc) is 2.36. The lowest BCUT2D eigenvalue weighted by molar-refractivity contribution is 0.424. The molecule has 0 aliphatic heterocycles. The maximum absolute atomic E-state index is 5.52. The highest BCUT2D eigenvalue weighted by molar-refractivity contribution is 6.04. The Balaban J connectivity index is 2.56. The highest BCUT2D eigenvalue weighted by Gasteiger charge is 2.06. The van der Waals surface area contributed by atoms with Crippen LogP contribution in [-0.4, -0.2) is 7.11 Å². The molecule has 0 atom stereocenters. The van der Waals surface area contributed by atoms with Crippen molar-refractivity contribution < 1.29 is 4.74 Å². The largest absolute Gasteiger partial charge is 0.495 e. The third kappa shape index (κ3) is 1.25. The topological polar surface area (TPSA) is 9.23 Å². The van der Waals surface area contributed by atoms with Gasteiger partial charge in [0.05, 0.1) is 7.11 Å². The van der Waals surface area contributed by atoms with E-state index in [1.165, 1.54) is 0 Å². The van der Waals surface area contributed by atoms with E-state index in [-0.39, 0.29) is 0 Å². The van der Waals surface area contributed by atoms with E-state index in [1.807, 2.05) is 24.3 Å². The molecule has 3 aromatic rings. The Kier molecular flexibility index (Phi) is 2.03. The van der Waals surface area contributed by atoms with E-state index in [0.717, 1.165) is 27.3 Å². The van der Waals surface area contributed by atoms with Crippen LogP contribution in [-0.2, 0) is 0 Å². The number of hydrogen-bond donors (Lipinski definition) is 0. The van der Waals surface area contributed by atoms with Crippen LogP contribution in [0.15, 0.2) is 48.5 Å². The zero-order valence-electron chi connectivity index (χ0n) is 9.03. The van der Waals surface area contributed by atoms with E-state index >= 15 is 0 Å². The molecule has 1 heteroatoms. The number of methoxy groups -OCH3 is 1. The lowest BCUT2D eigenvalue weighted by atomic mass is 10.0. The van der Waals surface area contributed by atoms with Gasteiger partial charge in [-0.15, -0.1) is 0 Å². The normalized spacial score (nSPS) is 10.8. The molecule has 0 saturated carbocycles. The van der Waals surface area contributed by atoms with Gasteiger partial charge in [-0.2, -0.15) is 0 Å². The van der Waals surface area contributed by atoms with E-state index in [1.54, 1.807) is 7.11 Å². The summed E-state index contributed by atoms with van der Waals surface area (Å²) in [5.74, 6) is 0.935. The average molecular weight is 207 g/mol. The first-order valence-electron chi connectivity index (χ1n) is 5.27. The molecule has 0 saturated heterocycles. The molecule has 0 heterocycles. The fraction of sp³-hybridized carbons (Fsp3) is 0.0667. The maximum Gasteiger partial charge on any atom is 0.134 e. The van der Waals surface area contributed by atoms with Gasteiger partial charge >= 0.3 is 0 Å². The minimum Gasteiger partial charge on any atom is -0.495 e. The van der Waals surface area contributed by atoms with Gasteiger partial charge in [0.25, 0.3) is 0 Å². The Hall–Kier alpha value is -2.02. The van der Waals surface area contributed by atoms with Crippen molar-refractivity contribution in [3.05, 3.63) is 54.6 Å². The molecule has 1 radical (unpaired) electrons. The van der Waals surface area contributed by atoms with Gasteiger partial charge in [0.1, 0.15) is 5.75 Å². The predicted octanol–water partition coefficient (Wildman–Crippen LogP) is 3.80. The van der Waals surface area contributed by atoms with Crippen molar-refractivity contribution in [3.8, 4) is 5.75 Å². The number of hydrogen-bond acceptors (Lipinski definition) is 1. The number of benzene rings is 3. The lowest BCUT2D eigenvalue weighted by Crippen LogP contribution is -1.87. The number of fused-ring (bicyclic) bond motifs is 2. The summed E-state index contributed by atoms with van der Waals surface area (Å²) in [5, 5.41) is 4.42. The summed E-state index contributed by atoms with van der Waals surface area (Å²) in [6.45, 7) is 0. The Labute approximate surface area is 94.3 Å². The van der Waals surface area contributed by atoms with Crippen molar-refractivity contribution in [2.24, 2.45) is 0 Å². The van der Waals surface area contributed by atoms with Crippen molar-refractivity contribution in [3.63, 3.8) is 0 Å². The summed E-state index contributed by atoms with van der Waals surface area (Å²) in [6, 6.07) is 19.7. The second kappa shape index (κ2) is 3.53. The minimum absolute atomic E-state index is 0.935. The van der Waals surface area contributed by atoms with Gasteiger partial charge in [-0.05, 0) is 16.8 Å². The molecule has 77 valence electrons. The van der Waals surface area contributed by atoms with Gasteiger partial charge in [0.15, 0.2) is 0 Å². The number of rotatable bonds is 1. The predicted molar refractivity (Wildman–Crippen MR) is 66.8 cm³/mol. The van der Waals surface area contributed by atoms with Crippen LogP contribution < -0.4 is 4.74 Å². The second-order valence-corrected chi connectivity index (χ2v) is 3.75. The summed E-state index contributed by atoms with van der Waals surface area (Å²) >= 11 is 0. The summed E-state index contributed by atoms with van der Waals surface area (Å²) in [4.78, 5) is 0.